The van der Waals surface area contributed by atoms with Crippen molar-refractivity contribution in [1.82, 2.24) is 4.98 Å². The molecular weight excluding hydrogens is 322 g/mol. The Morgan fingerprint density at radius 3 is 1.95 bits per heavy atom. The van der Waals surface area contributed by atoms with Gasteiger partial charge in [0.1, 0.15) is 5.76 Å². The van der Waals surface area contributed by atoms with Gasteiger partial charge in [0.25, 0.3) is 20.2 Å². The molecule has 0 fully saturated rings. The number of oxazole rings is 1. The van der Waals surface area contributed by atoms with E-state index in [1.807, 2.05) is 6.92 Å². The van der Waals surface area contributed by atoms with Gasteiger partial charge < -0.3 is 4.42 Å². The molecule has 1 heterocycles. The summed E-state index contributed by atoms with van der Waals surface area (Å²) in [6.07, 6.45) is 2.21. The molecular formula is C8H14ClNO7S2. The molecule has 0 saturated heterocycles. The molecule has 0 unspecified atom stereocenters. The lowest BCUT2D eigenvalue weighted by Crippen LogP contribution is -2.15. The van der Waals surface area contributed by atoms with Crippen molar-refractivity contribution in [1.29, 1.82) is 0 Å². The van der Waals surface area contributed by atoms with Crippen LogP contribution in [0, 0.1) is 6.92 Å². The first kappa shape index (κ1) is 18.3. The molecule has 11 heteroatoms. The predicted molar refractivity (Wildman–Crippen MR) is 68.5 cm³/mol. The summed E-state index contributed by atoms with van der Waals surface area (Å²) >= 11 is 5.48. The molecule has 1 aromatic heterocycles. The van der Waals surface area contributed by atoms with Gasteiger partial charge in [-0.2, -0.15) is 16.8 Å². The lowest BCUT2D eigenvalue weighted by atomic mass is 10.3. The average Bonchev–Trinajstić information content (AvgIpc) is 2.62. The minimum Gasteiger partial charge on any atom is -0.448 e. The number of nitrogens with zero attached hydrogens (tertiary/aromatic N) is 1. The smallest absolute Gasteiger partial charge is 0.265 e. The van der Waals surface area contributed by atoms with Crippen LogP contribution in [0.15, 0.2) is 10.8 Å². The van der Waals surface area contributed by atoms with Crippen molar-refractivity contribution in [3.05, 3.63) is 17.8 Å². The third-order valence-corrected chi connectivity index (χ3v) is 3.65. The van der Waals surface area contributed by atoms with Gasteiger partial charge in [0.15, 0.2) is 6.39 Å². The van der Waals surface area contributed by atoms with Crippen molar-refractivity contribution in [3.63, 3.8) is 0 Å². The number of rotatable bonds is 5. The van der Waals surface area contributed by atoms with Crippen molar-refractivity contribution >= 4 is 31.8 Å². The van der Waals surface area contributed by atoms with Crippen LogP contribution in [-0.4, -0.2) is 48.3 Å². The van der Waals surface area contributed by atoms with Crippen molar-refractivity contribution in [2.75, 3.05) is 17.4 Å². The molecule has 2 N–H and O–H groups in total. The van der Waals surface area contributed by atoms with Crippen LogP contribution in [0.3, 0.4) is 0 Å². The zero-order chi connectivity index (χ0) is 15.1. The number of halogens is 1. The summed E-state index contributed by atoms with van der Waals surface area (Å²) in [6.45, 7) is 1.91. The van der Waals surface area contributed by atoms with Gasteiger partial charge >= 0.3 is 0 Å². The maximum Gasteiger partial charge on any atom is 0.265 e. The molecule has 0 amide bonds. The molecule has 0 radical (unpaired) electrons. The molecule has 1 rings (SSSR count). The van der Waals surface area contributed by atoms with E-state index in [-0.39, 0.29) is 0 Å². The van der Waals surface area contributed by atoms with Crippen LogP contribution < -0.4 is 0 Å². The quantitative estimate of drug-likeness (QED) is 0.587. The molecule has 0 aliphatic heterocycles. The lowest BCUT2D eigenvalue weighted by molar-refractivity contribution is 0.472. The van der Waals surface area contributed by atoms with Crippen LogP contribution in [0.4, 0.5) is 0 Å². The molecule has 8 nitrogen and oxygen atoms in total. The topological polar surface area (TPSA) is 135 Å². The fourth-order valence-electron chi connectivity index (χ4n) is 0.863. The number of aryl methyl sites for hydroxylation is 2. The van der Waals surface area contributed by atoms with E-state index < -0.39 is 31.7 Å². The second kappa shape index (κ2) is 7.80. The maximum atomic E-state index is 9.86. The Morgan fingerprint density at radius 2 is 1.68 bits per heavy atom. The fraction of sp³-hybridized carbons (Fsp3) is 0.625. The number of aromatic nitrogens is 1. The summed E-state index contributed by atoms with van der Waals surface area (Å²) < 4.78 is 60.4. The van der Waals surface area contributed by atoms with E-state index in [1.165, 1.54) is 6.39 Å². The van der Waals surface area contributed by atoms with Crippen LogP contribution in [-0.2, 0) is 26.7 Å². The van der Waals surface area contributed by atoms with E-state index in [1.54, 1.807) is 0 Å². The van der Waals surface area contributed by atoms with Crippen LogP contribution >= 0.6 is 11.6 Å². The van der Waals surface area contributed by atoms with Crippen molar-refractivity contribution in [3.8, 4) is 0 Å². The van der Waals surface area contributed by atoms with Gasteiger partial charge in [0, 0.05) is 12.3 Å². The Balaban J connectivity index is 0.000000342. The molecule has 0 aliphatic carbocycles. The molecule has 0 spiro atoms. The minimum absolute atomic E-state index is 0.593. The van der Waals surface area contributed by atoms with E-state index in [4.69, 9.17) is 25.1 Å². The normalized spacial score (nSPS) is 11.8. The van der Waals surface area contributed by atoms with Gasteiger partial charge in [-0.25, -0.2) is 4.98 Å². The highest BCUT2D eigenvalue weighted by Gasteiger charge is 2.11. The first-order chi connectivity index (χ1) is 8.55. The van der Waals surface area contributed by atoms with Crippen LogP contribution in [0.1, 0.15) is 11.5 Å². The standard InChI is InChI=1S/C6H8ClNO.C2H6O6S2/c1-5-6(2-3-7)9-4-8-5;3-9(4,5)1-2-10(6,7)8/h4H,2-3H2,1H3;1-2H2,(H,3,4,5)(H,6,7,8). The highest BCUT2D eigenvalue weighted by molar-refractivity contribution is 7.89. The van der Waals surface area contributed by atoms with E-state index in [0.717, 1.165) is 17.9 Å². The second-order valence-corrected chi connectivity index (χ2v) is 6.89. The monoisotopic (exact) mass is 335 g/mol. The predicted octanol–water partition coefficient (Wildman–Crippen LogP) is 0.526. The van der Waals surface area contributed by atoms with Crippen LogP contribution in [0.2, 0.25) is 0 Å². The first-order valence-corrected chi connectivity index (χ1v) is 8.65. The largest absolute Gasteiger partial charge is 0.448 e. The van der Waals surface area contributed by atoms with Gasteiger partial charge in [-0.3, -0.25) is 9.11 Å². The number of alkyl halides is 1. The molecule has 0 bridgehead atoms. The lowest BCUT2D eigenvalue weighted by Gasteiger charge is -1.92. The summed E-state index contributed by atoms with van der Waals surface area (Å²) in [5, 5.41) is 0. The molecule has 112 valence electrons. The summed E-state index contributed by atoms with van der Waals surface area (Å²) in [7, 11) is -8.59. The zero-order valence-corrected chi connectivity index (χ0v) is 12.4. The fourth-order valence-corrected chi connectivity index (χ4v) is 2.72. The third kappa shape index (κ3) is 10.9. The van der Waals surface area contributed by atoms with E-state index in [9.17, 15) is 16.8 Å². The van der Waals surface area contributed by atoms with Crippen molar-refractivity contribution in [2.24, 2.45) is 0 Å². The van der Waals surface area contributed by atoms with E-state index in [2.05, 4.69) is 4.98 Å². The summed E-state index contributed by atoms with van der Waals surface area (Å²) in [6, 6.07) is 0. The summed E-state index contributed by atoms with van der Waals surface area (Å²) in [5.74, 6) is -0.474. The number of hydrogen-bond acceptors (Lipinski definition) is 6. The Kier molecular flexibility index (Phi) is 7.52. The van der Waals surface area contributed by atoms with E-state index >= 15 is 0 Å². The second-order valence-electron chi connectivity index (χ2n) is 3.37. The molecule has 1 aromatic rings. The molecule has 19 heavy (non-hydrogen) atoms. The Labute approximate surface area is 116 Å². The Hall–Kier alpha value is -0.680. The molecule has 0 atom stereocenters. The first-order valence-electron chi connectivity index (χ1n) is 4.90. The zero-order valence-electron chi connectivity index (χ0n) is 9.98. The SMILES string of the molecule is Cc1ncoc1CCCl.O=S(=O)(O)CCS(=O)(=O)O. The van der Waals surface area contributed by atoms with Crippen molar-refractivity contribution < 1.29 is 30.4 Å². The van der Waals surface area contributed by atoms with Gasteiger partial charge in [-0.05, 0) is 6.92 Å². The molecule has 0 aliphatic rings. The highest BCUT2D eigenvalue weighted by atomic mass is 35.5. The molecule has 0 aromatic carbocycles. The van der Waals surface area contributed by atoms with Gasteiger partial charge in [-0.1, -0.05) is 0 Å². The maximum absolute atomic E-state index is 9.86. The Bertz CT molecular complexity index is 546. The van der Waals surface area contributed by atoms with Gasteiger partial charge in [-0.15, -0.1) is 11.6 Å². The minimum atomic E-state index is -4.30. The highest BCUT2D eigenvalue weighted by Crippen LogP contribution is 2.05. The van der Waals surface area contributed by atoms with E-state index in [0.29, 0.717) is 5.88 Å². The van der Waals surface area contributed by atoms with Crippen molar-refractivity contribution in [2.45, 2.75) is 13.3 Å². The van der Waals surface area contributed by atoms with Gasteiger partial charge in [0.2, 0.25) is 0 Å². The summed E-state index contributed by atoms with van der Waals surface area (Å²) in [4.78, 5) is 3.91. The summed E-state index contributed by atoms with van der Waals surface area (Å²) in [5.41, 5.74) is 0.940. The Morgan fingerprint density at radius 1 is 1.21 bits per heavy atom. The third-order valence-electron chi connectivity index (χ3n) is 1.77. The van der Waals surface area contributed by atoms with Gasteiger partial charge in [0.05, 0.1) is 17.2 Å². The average molecular weight is 336 g/mol. The van der Waals surface area contributed by atoms with Crippen LogP contribution in [0.25, 0.3) is 0 Å². The van der Waals surface area contributed by atoms with Crippen LogP contribution in [0.5, 0.6) is 0 Å². The number of hydrogen-bond donors (Lipinski definition) is 2. The molecule has 0 saturated carbocycles.